The summed E-state index contributed by atoms with van der Waals surface area (Å²) in [6, 6.07) is 0. The maximum absolute atomic E-state index is 11.4. The highest BCUT2D eigenvalue weighted by Crippen LogP contribution is 2.48. The average molecular weight is 1040 g/mol. The lowest BCUT2D eigenvalue weighted by molar-refractivity contribution is 0.117. The third-order valence-electron chi connectivity index (χ3n) is 1.04. The quantitative estimate of drug-likeness (QED) is 0.124. The molecule has 46 nitrogen and oxygen atoms in total. The van der Waals surface area contributed by atoms with Crippen LogP contribution in [0.2, 0.25) is 0 Å². The molecule has 0 unspecified atom stereocenters. The van der Waals surface area contributed by atoms with E-state index in [4.69, 9.17) is 205 Å². The number of carboxylic acid groups (broad SMARTS) is 28. The molecule has 0 spiro atoms. The first-order valence-electron chi connectivity index (χ1n) is 12.1. The molecule has 47 heteroatoms. The van der Waals surface area contributed by atoms with Crippen molar-refractivity contribution in [1.82, 2.24) is 0 Å². The van der Waals surface area contributed by atoms with E-state index in [2.05, 4.69) is 15.6 Å². The number of hydrogen-bond donors (Lipinski definition) is 28. The molecule has 0 aromatic carbocycles. The zero-order chi connectivity index (χ0) is 58.4. The van der Waals surface area contributed by atoms with Crippen molar-refractivity contribution in [2.45, 2.75) is 0 Å². The Labute approximate surface area is 360 Å². The Kier molecular flexibility index (Phi) is 108. The Morgan fingerprint density at radius 3 is 0.478 bits per heavy atom. The van der Waals surface area contributed by atoms with Crippen LogP contribution >= 0.6 is 7.60 Å². The fourth-order valence-corrected chi connectivity index (χ4v) is 1.66. The van der Waals surface area contributed by atoms with Crippen LogP contribution in [0.4, 0.5) is 71.9 Å². The molecule has 0 aromatic heterocycles. The van der Waals surface area contributed by atoms with Crippen LogP contribution in [0.1, 0.15) is 0 Å². The second kappa shape index (κ2) is 75.6. The SMILES string of the molecule is C=CC=CCP(=O)(OC(=O)O)OC(=O)O.O=C(O)O.O=C(O)O.O=C(O)O.O=C(O)O.O=C(O)O.O=C(O)O.O=C(O)O.O=C(O)O.O=C(O)O.O=C(O)O.O=C(O)O.O=C(O)O.O=C(O)O. The zero-order valence-electron chi connectivity index (χ0n) is 31.0. The standard InChI is InChI=1S/C7H9O7P.13CH2O3/c1-2-3-4-5-15(12,13-6(8)9)14-7(10)11;13*2-1(3)4/h2-4H,1,5H2,(H,8,9)(H,10,11);13*(H2,2,3,4). The number of hydrogen-bond acceptors (Lipinski definition) is 18. The van der Waals surface area contributed by atoms with Gasteiger partial charge < -0.3 is 152 Å². The van der Waals surface area contributed by atoms with Crippen molar-refractivity contribution in [3.63, 3.8) is 0 Å². The van der Waals surface area contributed by atoms with E-state index in [0.717, 1.165) is 0 Å². The molecule has 0 saturated heterocycles. The molecule has 0 radical (unpaired) electrons. The van der Waals surface area contributed by atoms with Gasteiger partial charge in [0.05, 0.1) is 6.16 Å². The molecule has 396 valence electrons. The van der Waals surface area contributed by atoms with Gasteiger partial charge in [0.1, 0.15) is 0 Å². The maximum Gasteiger partial charge on any atom is 0.513 e. The average Bonchev–Trinajstić information content (AvgIpc) is 2.92. The highest BCUT2D eigenvalue weighted by atomic mass is 31.2. The lowest BCUT2D eigenvalue weighted by Crippen LogP contribution is -2.07. The Balaban J connectivity index is -0.0000000392. The van der Waals surface area contributed by atoms with Gasteiger partial charge >= 0.3 is 99.9 Å². The fourth-order valence-electron chi connectivity index (χ4n) is 0.617. The largest absolute Gasteiger partial charge is 0.513 e. The molecule has 0 fully saturated rings. The van der Waals surface area contributed by atoms with Gasteiger partial charge in [0.25, 0.3) is 0 Å². The number of carbonyl (C=O) groups is 15. The van der Waals surface area contributed by atoms with Crippen LogP contribution in [0.25, 0.3) is 0 Å². The molecule has 0 aliphatic carbocycles. The lowest BCUT2D eigenvalue weighted by Gasteiger charge is -2.11. The number of rotatable bonds is 5. The van der Waals surface area contributed by atoms with Gasteiger partial charge in [-0.1, -0.05) is 24.8 Å². The van der Waals surface area contributed by atoms with Crippen molar-refractivity contribution >= 4 is 99.9 Å². The summed E-state index contributed by atoms with van der Waals surface area (Å²) in [4.78, 5) is 131. The summed E-state index contributed by atoms with van der Waals surface area (Å²) in [5.74, 6) is 0. The molecule has 0 rings (SSSR count). The fraction of sp³-hybridized carbons (Fsp3) is 0.0500. The second-order valence-corrected chi connectivity index (χ2v) is 7.80. The summed E-state index contributed by atoms with van der Waals surface area (Å²) in [6.07, 6.45) is -24.1. The minimum atomic E-state index is -4.19. The Morgan fingerprint density at radius 1 is 0.299 bits per heavy atom. The van der Waals surface area contributed by atoms with E-state index in [0.29, 0.717) is 0 Å². The van der Waals surface area contributed by atoms with Gasteiger partial charge in [0.15, 0.2) is 0 Å². The van der Waals surface area contributed by atoms with E-state index >= 15 is 0 Å². The monoisotopic (exact) mass is 1040 g/mol. The van der Waals surface area contributed by atoms with Crippen LogP contribution in [0.5, 0.6) is 0 Å². The van der Waals surface area contributed by atoms with E-state index < -0.39 is 106 Å². The molecule has 0 aliphatic rings. The summed E-state index contributed by atoms with van der Waals surface area (Å²) < 4.78 is 19.2. The molecular weight excluding hydrogens is 1010 g/mol. The van der Waals surface area contributed by atoms with Crippen molar-refractivity contribution < 1.29 is 229 Å². The molecule has 0 saturated carbocycles. The Hall–Kier alpha value is -11.2. The van der Waals surface area contributed by atoms with Crippen molar-refractivity contribution in [3.05, 3.63) is 24.8 Å². The first-order valence-corrected chi connectivity index (χ1v) is 13.8. The second-order valence-electron chi connectivity index (χ2n) is 5.85. The van der Waals surface area contributed by atoms with E-state index in [9.17, 15) is 14.2 Å². The highest BCUT2D eigenvalue weighted by Gasteiger charge is 2.31. The van der Waals surface area contributed by atoms with Gasteiger partial charge in [-0.2, -0.15) is 0 Å². The lowest BCUT2D eigenvalue weighted by atomic mass is 10.5. The molecular formula is C20H35O46P. The van der Waals surface area contributed by atoms with Gasteiger partial charge in [0.2, 0.25) is 0 Å². The van der Waals surface area contributed by atoms with Crippen molar-refractivity contribution in [3.8, 4) is 0 Å². The Morgan fingerprint density at radius 2 is 0.403 bits per heavy atom. The predicted molar refractivity (Wildman–Crippen MR) is 189 cm³/mol. The third-order valence-corrected chi connectivity index (χ3v) is 2.56. The van der Waals surface area contributed by atoms with Crippen molar-refractivity contribution in [2.24, 2.45) is 0 Å². The van der Waals surface area contributed by atoms with Gasteiger partial charge in [-0.25, -0.2) is 76.5 Å². The first kappa shape index (κ1) is 95.9. The van der Waals surface area contributed by atoms with Gasteiger partial charge in [-0.05, 0) is 0 Å². The van der Waals surface area contributed by atoms with Crippen LogP contribution < -0.4 is 0 Å². The zero-order valence-corrected chi connectivity index (χ0v) is 31.9. The molecule has 0 heterocycles. The Bertz CT molecular complexity index is 1140. The van der Waals surface area contributed by atoms with Crippen molar-refractivity contribution in [1.29, 1.82) is 0 Å². The third kappa shape index (κ3) is 6730. The van der Waals surface area contributed by atoms with Crippen molar-refractivity contribution in [2.75, 3.05) is 6.16 Å². The summed E-state index contributed by atoms with van der Waals surface area (Å²) in [5.41, 5.74) is 0. The highest BCUT2D eigenvalue weighted by molar-refractivity contribution is 7.55. The summed E-state index contributed by atoms with van der Waals surface area (Å²) >= 11 is 0. The predicted octanol–water partition coefficient (Wildman–Crippen LogP) is 5.20. The summed E-state index contributed by atoms with van der Waals surface area (Å²) in [6.45, 7) is 3.31. The van der Waals surface area contributed by atoms with Gasteiger partial charge in [-0.3, -0.25) is 0 Å². The molecule has 0 bridgehead atoms. The maximum atomic E-state index is 11.4. The molecule has 0 aliphatic heterocycles. The molecule has 67 heavy (non-hydrogen) atoms. The van der Waals surface area contributed by atoms with Crippen LogP contribution in [0, 0.1) is 0 Å². The van der Waals surface area contributed by atoms with Crippen LogP contribution in [-0.2, 0) is 13.6 Å². The number of allylic oxidation sites excluding steroid dienone is 3. The molecule has 0 aromatic rings. The first-order chi connectivity index (χ1) is 29.4. The molecule has 0 atom stereocenters. The minimum Gasteiger partial charge on any atom is -0.450 e. The summed E-state index contributed by atoms with van der Waals surface area (Å²) in [5, 5.41) is 198. The van der Waals surface area contributed by atoms with E-state index in [-0.39, 0.29) is 0 Å². The van der Waals surface area contributed by atoms with Crippen LogP contribution in [-0.4, -0.2) is 241 Å². The minimum absolute atomic E-state index is 0.475. The normalized spacial score (nSPS) is 7.10. The molecule has 0 amide bonds. The smallest absolute Gasteiger partial charge is 0.450 e. The van der Waals surface area contributed by atoms with E-state index in [1.54, 1.807) is 0 Å². The topological polar surface area (TPSA) is 858 Å². The molecule has 28 N–H and O–H groups in total. The van der Waals surface area contributed by atoms with Gasteiger partial charge in [-0.15, -0.1) is 0 Å². The van der Waals surface area contributed by atoms with E-state index in [1.165, 1.54) is 18.2 Å². The van der Waals surface area contributed by atoms with Crippen LogP contribution in [0.3, 0.4) is 0 Å². The van der Waals surface area contributed by atoms with E-state index in [1.807, 2.05) is 0 Å². The summed E-state index contributed by atoms with van der Waals surface area (Å²) in [7, 11) is -4.19. The van der Waals surface area contributed by atoms with Gasteiger partial charge in [0, 0.05) is 0 Å². The van der Waals surface area contributed by atoms with Crippen LogP contribution in [0.15, 0.2) is 24.8 Å².